The van der Waals surface area contributed by atoms with E-state index in [0.717, 1.165) is 0 Å². The van der Waals surface area contributed by atoms with Gasteiger partial charge in [0, 0.05) is 48.9 Å². The van der Waals surface area contributed by atoms with Crippen LogP contribution in [0, 0.1) is 48.9 Å². The van der Waals surface area contributed by atoms with Gasteiger partial charge in [0.25, 0.3) is 0 Å². The summed E-state index contributed by atoms with van der Waals surface area (Å²) in [4.78, 5) is 0. The second kappa shape index (κ2) is 3.31. The molecule has 0 heterocycles. The first-order chi connectivity index (χ1) is 2.00. The van der Waals surface area contributed by atoms with Gasteiger partial charge in [-0.25, -0.2) is 0 Å². The SMILES string of the molecule is FC(F)(F)F.[Xe]. The van der Waals surface area contributed by atoms with E-state index in [0.29, 0.717) is 0 Å². The first-order valence-corrected chi connectivity index (χ1v) is 0.756. The molecule has 0 spiro atoms. The summed E-state index contributed by atoms with van der Waals surface area (Å²) in [6, 6.07) is 0. The third-order valence-electron chi connectivity index (χ3n) is 0. The van der Waals surface area contributed by atoms with Gasteiger partial charge >= 0.3 is 6.43 Å². The zero-order chi connectivity index (χ0) is 4.50. The van der Waals surface area contributed by atoms with E-state index in [4.69, 9.17) is 0 Å². The van der Waals surface area contributed by atoms with Crippen molar-refractivity contribution in [3.63, 3.8) is 0 Å². The third-order valence-corrected chi connectivity index (χ3v) is 0. The largest absolute Gasteiger partial charge is 0.559 e. The molecule has 0 N–H and O–H groups in total. The van der Waals surface area contributed by atoms with Gasteiger partial charge in [0.05, 0.1) is 0 Å². The van der Waals surface area contributed by atoms with E-state index < -0.39 is 6.43 Å². The van der Waals surface area contributed by atoms with Crippen molar-refractivity contribution in [2.24, 2.45) is 0 Å². The third kappa shape index (κ3) is 58.4. The van der Waals surface area contributed by atoms with Crippen LogP contribution >= 0.6 is 0 Å². The number of hydrogen-bond acceptors (Lipinski definition) is 0. The molecule has 0 aromatic heterocycles. The summed E-state index contributed by atoms with van der Waals surface area (Å²) in [5.41, 5.74) is 0. The van der Waals surface area contributed by atoms with E-state index >= 15 is 0 Å². The number of rotatable bonds is 0. The predicted octanol–water partition coefficient (Wildman–Crippen LogP) is 1.48. The van der Waals surface area contributed by atoms with Crippen LogP contribution in [0.15, 0.2) is 0 Å². The molecule has 0 atom stereocenters. The molecule has 0 radical (unpaired) electrons. The maximum absolute atomic E-state index is 9.69. The Morgan fingerprint density at radius 2 is 0.833 bits per heavy atom. The minimum Gasteiger partial charge on any atom is -0.140 e. The van der Waals surface area contributed by atoms with Crippen molar-refractivity contribution in [2.45, 2.75) is 6.43 Å². The fourth-order valence-electron chi connectivity index (χ4n) is 0. The van der Waals surface area contributed by atoms with Crippen molar-refractivity contribution in [1.82, 2.24) is 0 Å². The molecule has 0 rings (SSSR count). The maximum Gasteiger partial charge on any atom is 0.559 e. The fraction of sp³-hybridized carbons (Fsp3) is 1.00. The van der Waals surface area contributed by atoms with Gasteiger partial charge in [-0.1, -0.05) is 0 Å². The van der Waals surface area contributed by atoms with Crippen LogP contribution in [0.2, 0.25) is 0 Å². The summed E-state index contributed by atoms with van der Waals surface area (Å²) in [6.45, 7) is 0. The minimum atomic E-state index is -5.50. The van der Waals surface area contributed by atoms with E-state index in [1.807, 2.05) is 0 Å². The van der Waals surface area contributed by atoms with Gasteiger partial charge in [-0.15, -0.1) is 17.6 Å². The first kappa shape index (κ1) is 10.3. The molecule has 0 aromatic rings. The van der Waals surface area contributed by atoms with E-state index in [-0.39, 0.29) is 48.9 Å². The van der Waals surface area contributed by atoms with E-state index in [2.05, 4.69) is 0 Å². The van der Waals surface area contributed by atoms with Crippen molar-refractivity contribution in [2.75, 3.05) is 0 Å². The molecule has 0 saturated heterocycles. The van der Waals surface area contributed by atoms with E-state index in [1.54, 1.807) is 0 Å². The monoisotopic (exact) mass is 220 g/mol. The molecule has 0 unspecified atom stereocenters. The minimum absolute atomic E-state index is 0. The molecule has 0 aliphatic heterocycles. The van der Waals surface area contributed by atoms with Crippen LogP contribution in [0.3, 0.4) is 0 Å². The molecule has 6 heavy (non-hydrogen) atoms. The normalized spacial score (nSPS) is 10.0. The topological polar surface area (TPSA) is 0 Å². The Kier molecular flexibility index (Phi) is 5.69. The molecule has 0 aliphatic carbocycles. The van der Waals surface area contributed by atoms with Gasteiger partial charge in [0.1, 0.15) is 0 Å². The smallest absolute Gasteiger partial charge is 0.140 e. The average Bonchev–Trinajstić information content (AvgIpc) is 0.722. The molecule has 0 fully saturated rings. The van der Waals surface area contributed by atoms with Gasteiger partial charge in [0.2, 0.25) is 0 Å². The fourth-order valence-corrected chi connectivity index (χ4v) is 0. The summed E-state index contributed by atoms with van der Waals surface area (Å²) in [6.07, 6.45) is -5.50. The van der Waals surface area contributed by atoms with Crippen LogP contribution < -0.4 is 0 Å². The zero-order valence-corrected chi connectivity index (χ0v) is 4.38. The van der Waals surface area contributed by atoms with Crippen molar-refractivity contribution in [3.8, 4) is 0 Å². The van der Waals surface area contributed by atoms with Gasteiger partial charge in [-0.2, -0.15) is 0 Å². The molecular formula is CF4Xe. The molecule has 5 heteroatoms. The Labute approximate surface area is 72.0 Å². The Bertz CT molecular complexity index is 23.0. The number of alkyl halides is 4. The summed E-state index contributed by atoms with van der Waals surface area (Å²) < 4.78 is 38.8. The molecule has 40 valence electrons. The van der Waals surface area contributed by atoms with Crippen LogP contribution in [-0.4, -0.2) is 6.43 Å². The van der Waals surface area contributed by atoms with Crippen molar-refractivity contribution >= 4 is 0 Å². The van der Waals surface area contributed by atoms with Crippen LogP contribution in [0.4, 0.5) is 17.6 Å². The Morgan fingerprint density at radius 1 is 0.833 bits per heavy atom. The van der Waals surface area contributed by atoms with E-state index in [1.165, 1.54) is 0 Å². The summed E-state index contributed by atoms with van der Waals surface area (Å²) >= 11 is 0. The Morgan fingerprint density at radius 3 is 0.833 bits per heavy atom. The predicted molar refractivity (Wildman–Crippen MR) is 7.16 cm³/mol. The van der Waals surface area contributed by atoms with Crippen molar-refractivity contribution in [1.29, 1.82) is 0 Å². The van der Waals surface area contributed by atoms with Crippen molar-refractivity contribution in [3.05, 3.63) is 0 Å². The van der Waals surface area contributed by atoms with Crippen LogP contribution in [0.5, 0.6) is 0 Å². The molecule has 0 amide bonds. The molecule has 0 bridgehead atoms. The second-order valence-corrected chi connectivity index (χ2v) is 0.429. The van der Waals surface area contributed by atoms with Crippen LogP contribution in [-0.2, 0) is 0 Å². The van der Waals surface area contributed by atoms with E-state index in [9.17, 15) is 17.6 Å². The summed E-state index contributed by atoms with van der Waals surface area (Å²) in [5, 5.41) is 0. The zero-order valence-electron chi connectivity index (χ0n) is 2.37. The van der Waals surface area contributed by atoms with Gasteiger partial charge in [-0.05, 0) is 0 Å². The van der Waals surface area contributed by atoms with Crippen LogP contribution in [0.25, 0.3) is 0 Å². The van der Waals surface area contributed by atoms with Gasteiger partial charge < -0.3 is 0 Å². The standard InChI is InChI=1S/CF4.Xe/c2-1(3,4)5;. The Hall–Kier alpha value is 1.29. The number of halogens is 4. The Balaban J connectivity index is 0. The molecule has 0 saturated carbocycles. The molecule has 0 nitrogen and oxygen atoms in total. The quantitative estimate of drug-likeness (QED) is 0.541. The van der Waals surface area contributed by atoms with Gasteiger partial charge in [0.15, 0.2) is 0 Å². The molecule has 0 aliphatic rings. The maximum atomic E-state index is 9.69. The average molecular weight is 219 g/mol. The first-order valence-electron chi connectivity index (χ1n) is 0.756. The molecular weight excluding hydrogens is 219 g/mol. The van der Waals surface area contributed by atoms with Gasteiger partial charge in [-0.3, -0.25) is 0 Å². The van der Waals surface area contributed by atoms with Crippen molar-refractivity contribution < 1.29 is 66.4 Å². The summed E-state index contributed by atoms with van der Waals surface area (Å²) in [7, 11) is 0. The second-order valence-electron chi connectivity index (χ2n) is 0.429. The van der Waals surface area contributed by atoms with Crippen LogP contribution in [0.1, 0.15) is 0 Å². The number of hydrogen-bond donors (Lipinski definition) is 0. The molecule has 0 aromatic carbocycles. The summed E-state index contributed by atoms with van der Waals surface area (Å²) in [5.74, 6) is 0.